The van der Waals surface area contributed by atoms with Crippen LogP contribution in [0.1, 0.15) is 30.0 Å². The third-order valence-electron chi connectivity index (χ3n) is 4.96. The Balaban J connectivity index is 1.74. The Hall–Kier alpha value is -1.96. The molecular formula is C22H19BrN2O2S2. The largest absolute Gasteiger partial charge is 0.308 e. The van der Waals surface area contributed by atoms with Crippen LogP contribution in [0.5, 0.6) is 0 Å². The van der Waals surface area contributed by atoms with Crippen LogP contribution in [-0.4, -0.2) is 27.6 Å². The number of nitrogens with zero attached hydrogens (tertiary/aromatic N) is 2. The molecule has 0 spiro atoms. The van der Waals surface area contributed by atoms with Gasteiger partial charge >= 0.3 is 0 Å². The number of thiocarbonyl (C=S) groups is 1. The van der Waals surface area contributed by atoms with Gasteiger partial charge in [-0.25, -0.2) is 0 Å². The average molecular weight is 487 g/mol. The number of aryl methyl sites for hydroxylation is 1. The smallest absolute Gasteiger partial charge is 0.267 e. The first-order valence-electron chi connectivity index (χ1n) is 9.36. The second-order valence-corrected chi connectivity index (χ2v) is 9.63. The number of carbonyl (C=O) groups is 2. The highest BCUT2D eigenvalue weighted by molar-refractivity contribution is 9.10. The van der Waals surface area contributed by atoms with Crippen molar-refractivity contribution >= 4 is 67.3 Å². The van der Waals surface area contributed by atoms with E-state index < -0.39 is 0 Å². The molecule has 4 nitrogen and oxygen atoms in total. The van der Waals surface area contributed by atoms with Crippen LogP contribution in [0.15, 0.2) is 51.8 Å². The molecule has 2 aromatic rings. The van der Waals surface area contributed by atoms with Gasteiger partial charge in [-0.3, -0.25) is 14.5 Å². The zero-order valence-electron chi connectivity index (χ0n) is 16.1. The van der Waals surface area contributed by atoms with Crippen LogP contribution in [0.4, 0.5) is 5.69 Å². The number of anilines is 1. The molecule has 0 unspecified atom stereocenters. The molecule has 0 atom stereocenters. The van der Waals surface area contributed by atoms with Gasteiger partial charge < -0.3 is 4.90 Å². The number of benzene rings is 2. The van der Waals surface area contributed by atoms with Crippen molar-refractivity contribution in [2.24, 2.45) is 0 Å². The summed E-state index contributed by atoms with van der Waals surface area (Å²) in [7, 11) is 0. The number of hydrogen-bond acceptors (Lipinski definition) is 4. The fraction of sp³-hybridized carbons (Fsp3) is 0.227. The maximum absolute atomic E-state index is 13.3. The normalized spacial score (nSPS) is 18.8. The zero-order chi connectivity index (χ0) is 20.7. The summed E-state index contributed by atoms with van der Waals surface area (Å²) in [4.78, 5) is 30.2. The minimum atomic E-state index is -0.201. The van der Waals surface area contributed by atoms with Crippen LogP contribution in [-0.2, 0) is 16.1 Å². The predicted molar refractivity (Wildman–Crippen MR) is 126 cm³/mol. The SMILES string of the molecule is CCCN1C(=O)/C(=C2\SC(=S)N(Cc3ccc(C)cc3)C2=O)c2cc(Br)ccc21. The number of amides is 2. The highest BCUT2D eigenvalue weighted by Crippen LogP contribution is 2.45. The average Bonchev–Trinajstić information content (AvgIpc) is 3.11. The lowest BCUT2D eigenvalue weighted by atomic mass is 10.1. The van der Waals surface area contributed by atoms with Crippen molar-refractivity contribution < 1.29 is 9.59 Å². The Morgan fingerprint density at radius 2 is 1.76 bits per heavy atom. The van der Waals surface area contributed by atoms with Crippen LogP contribution in [0.25, 0.3) is 5.57 Å². The molecule has 148 valence electrons. The monoisotopic (exact) mass is 486 g/mol. The molecule has 2 amide bonds. The molecule has 0 bridgehead atoms. The highest BCUT2D eigenvalue weighted by Gasteiger charge is 2.41. The number of halogens is 1. The number of rotatable bonds is 4. The van der Waals surface area contributed by atoms with Crippen molar-refractivity contribution in [3.05, 3.63) is 68.5 Å². The minimum Gasteiger partial charge on any atom is -0.308 e. The second-order valence-electron chi connectivity index (χ2n) is 7.07. The van der Waals surface area contributed by atoms with E-state index in [9.17, 15) is 9.59 Å². The van der Waals surface area contributed by atoms with Gasteiger partial charge in [0, 0.05) is 16.6 Å². The Morgan fingerprint density at radius 1 is 1.03 bits per heavy atom. The van der Waals surface area contributed by atoms with E-state index in [0.29, 0.717) is 27.9 Å². The number of hydrogen-bond donors (Lipinski definition) is 0. The minimum absolute atomic E-state index is 0.129. The molecule has 2 aliphatic heterocycles. The van der Waals surface area contributed by atoms with E-state index in [4.69, 9.17) is 12.2 Å². The summed E-state index contributed by atoms with van der Waals surface area (Å²) in [5, 5.41) is 0. The summed E-state index contributed by atoms with van der Waals surface area (Å²) in [6.45, 7) is 5.07. The first-order chi connectivity index (χ1) is 13.9. The summed E-state index contributed by atoms with van der Waals surface area (Å²) in [6.07, 6.45) is 0.836. The standard InChI is InChI=1S/C22H19BrN2O2S2/c1-3-10-24-17-9-8-15(23)11-16(17)18(20(24)26)19-21(27)25(22(28)29-19)12-14-6-4-13(2)5-7-14/h4-9,11H,3,10,12H2,1-2H3/b19-18-. The van der Waals surface area contributed by atoms with Crippen molar-refractivity contribution in [3.63, 3.8) is 0 Å². The summed E-state index contributed by atoms with van der Waals surface area (Å²) in [5.74, 6) is -0.330. The zero-order valence-corrected chi connectivity index (χ0v) is 19.3. The predicted octanol–water partition coefficient (Wildman–Crippen LogP) is 5.29. The molecule has 1 saturated heterocycles. The van der Waals surface area contributed by atoms with Gasteiger partial charge in [-0.1, -0.05) is 76.7 Å². The lowest BCUT2D eigenvalue weighted by molar-refractivity contribution is -0.122. The molecule has 0 N–H and O–H groups in total. The molecule has 0 aliphatic carbocycles. The van der Waals surface area contributed by atoms with Crippen molar-refractivity contribution in [2.45, 2.75) is 26.8 Å². The molecule has 0 radical (unpaired) electrons. The Labute approximate surface area is 188 Å². The summed E-state index contributed by atoms with van der Waals surface area (Å²) in [5.41, 5.74) is 4.26. The molecule has 2 heterocycles. The molecular weight excluding hydrogens is 468 g/mol. The van der Waals surface area contributed by atoms with Crippen LogP contribution >= 0.6 is 39.9 Å². The second kappa shape index (κ2) is 8.05. The van der Waals surface area contributed by atoms with Gasteiger partial charge in [0.2, 0.25) is 0 Å². The molecule has 4 rings (SSSR count). The molecule has 29 heavy (non-hydrogen) atoms. The molecule has 7 heteroatoms. The van der Waals surface area contributed by atoms with Crippen molar-refractivity contribution in [2.75, 3.05) is 11.4 Å². The Kier molecular flexibility index (Phi) is 5.64. The van der Waals surface area contributed by atoms with E-state index in [-0.39, 0.29) is 11.8 Å². The number of fused-ring (bicyclic) bond motifs is 1. The van der Waals surface area contributed by atoms with Crippen LogP contribution in [0.3, 0.4) is 0 Å². The van der Waals surface area contributed by atoms with E-state index >= 15 is 0 Å². The summed E-state index contributed by atoms with van der Waals surface area (Å²) in [6, 6.07) is 13.8. The highest BCUT2D eigenvalue weighted by atomic mass is 79.9. The van der Waals surface area contributed by atoms with E-state index in [1.807, 2.05) is 56.3 Å². The first-order valence-corrected chi connectivity index (χ1v) is 11.4. The van der Waals surface area contributed by atoms with Crippen LogP contribution < -0.4 is 4.90 Å². The molecule has 1 fully saturated rings. The van der Waals surface area contributed by atoms with E-state index in [1.165, 1.54) is 11.8 Å². The Bertz CT molecular complexity index is 1060. The van der Waals surface area contributed by atoms with E-state index in [0.717, 1.165) is 33.3 Å². The maximum Gasteiger partial charge on any atom is 0.267 e. The molecule has 2 aliphatic rings. The third kappa shape index (κ3) is 3.67. The van der Waals surface area contributed by atoms with Gasteiger partial charge in [-0.2, -0.15) is 0 Å². The fourth-order valence-electron chi connectivity index (χ4n) is 3.53. The van der Waals surface area contributed by atoms with Gasteiger partial charge in [0.25, 0.3) is 11.8 Å². The number of carbonyl (C=O) groups excluding carboxylic acids is 2. The van der Waals surface area contributed by atoms with E-state index in [2.05, 4.69) is 15.9 Å². The van der Waals surface area contributed by atoms with Gasteiger partial charge in [0.1, 0.15) is 4.32 Å². The van der Waals surface area contributed by atoms with E-state index in [1.54, 1.807) is 9.80 Å². The first kappa shape index (κ1) is 20.3. The van der Waals surface area contributed by atoms with Crippen molar-refractivity contribution in [1.29, 1.82) is 0 Å². The maximum atomic E-state index is 13.3. The van der Waals surface area contributed by atoms with Gasteiger partial charge in [0.05, 0.1) is 22.7 Å². The quantitative estimate of drug-likeness (QED) is 0.435. The van der Waals surface area contributed by atoms with Crippen LogP contribution in [0.2, 0.25) is 0 Å². The number of thioether (sulfide) groups is 1. The lowest BCUT2D eigenvalue weighted by Crippen LogP contribution is -2.29. The Morgan fingerprint density at radius 3 is 2.45 bits per heavy atom. The molecule has 0 aromatic heterocycles. The van der Waals surface area contributed by atoms with Gasteiger partial charge in [-0.05, 0) is 37.1 Å². The van der Waals surface area contributed by atoms with Crippen LogP contribution in [0, 0.1) is 6.92 Å². The lowest BCUT2D eigenvalue weighted by Gasteiger charge is -2.16. The van der Waals surface area contributed by atoms with Crippen molar-refractivity contribution in [3.8, 4) is 0 Å². The third-order valence-corrected chi connectivity index (χ3v) is 6.90. The van der Waals surface area contributed by atoms with Crippen molar-refractivity contribution in [1.82, 2.24) is 4.90 Å². The molecule has 2 aromatic carbocycles. The topological polar surface area (TPSA) is 40.6 Å². The fourth-order valence-corrected chi connectivity index (χ4v) is 5.22. The summed E-state index contributed by atoms with van der Waals surface area (Å²) < 4.78 is 1.35. The summed E-state index contributed by atoms with van der Waals surface area (Å²) >= 11 is 10.2. The van der Waals surface area contributed by atoms with Gasteiger partial charge in [-0.15, -0.1) is 0 Å². The molecule has 0 saturated carbocycles. The van der Waals surface area contributed by atoms with Gasteiger partial charge in [0.15, 0.2) is 0 Å².